The van der Waals surface area contributed by atoms with Crippen molar-refractivity contribution in [1.82, 2.24) is 0 Å². The minimum absolute atomic E-state index is 0.0241. The number of thioether (sulfide) groups is 1. The van der Waals surface area contributed by atoms with Gasteiger partial charge in [0.15, 0.2) is 5.75 Å². The molecule has 4 rings (SSSR count). The number of benzene rings is 3. The molecule has 0 atom stereocenters. The van der Waals surface area contributed by atoms with Gasteiger partial charge in [0.2, 0.25) is 0 Å². The summed E-state index contributed by atoms with van der Waals surface area (Å²) in [5.74, 6) is -0.256. The van der Waals surface area contributed by atoms with E-state index in [1.807, 2.05) is 0 Å². The molecule has 0 aliphatic carbocycles. The molecular formula is C23H13Cl3N2O5S. The monoisotopic (exact) mass is 534 g/mol. The lowest BCUT2D eigenvalue weighted by Crippen LogP contribution is -2.27. The van der Waals surface area contributed by atoms with Crippen molar-refractivity contribution >= 4 is 75.2 Å². The first-order valence-electron chi connectivity index (χ1n) is 9.61. The average molecular weight is 536 g/mol. The van der Waals surface area contributed by atoms with Crippen LogP contribution in [0.4, 0.5) is 16.2 Å². The number of nitrogens with zero attached hydrogens (tertiary/aromatic N) is 2. The predicted octanol–water partition coefficient (Wildman–Crippen LogP) is 7.37. The molecule has 7 nitrogen and oxygen atoms in total. The molecule has 1 aliphatic rings. The van der Waals surface area contributed by atoms with Gasteiger partial charge >= 0.3 is 0 Å². The van der Waals surface area contributed by atoms with Crippen LogP contribution in [0.15, 0.2) is 65.6 Å². The molecule has 2 amide bonds. The molecule has 1 fully saturated rings. The third-order valence-electron chi connectivity index (χ3n) is 4.71. The van der Waals surface area contributed by atoms with Crippen molar-refractivity contribution in [1.29, 1.82) is 0 Å². The molecule has 0 bridgehead atoms. The van der Waals surface area contributed by atoms with E-state index < -0.39 is 16.1 Å². The van der Waals surface area contributed by atoms with Gasteiger partial charge in [-0.05, 0) is 71.4 Å². The molecule has 0 aromatic heterocycles. The maximum absolute atomic E-state index is 12.8. The number of non-ortho nitro benzene ring substituents is 1. The quantitative estimate of drug-likeness (QED) is 0.186. The van der Waals surface area contributed by atoms with Crippen LogP contribution in [0.25, 0.3) is 6.08 Å². The van der Waals surface area contributed by atoms with Gasteiger partial charge in [0.25, 0.3) is 16.8 Å². The van der Waals surface area contributed by atoms with Gasteiger partial charge in [0.05, 0.1) is 25.6 Å². The molecule has 0 radical (unpaired) electrons. The number of imide groups is 1. The summed E-state index contributed by atoms with van der Waals surface area (Å²) in [5, 5.41) is 11.1. The zero-order valence-corrected chi connectivity index (χ0v) is 20.1. The summed E-state index contributed by atoms with van der Waals surface area (Å²) in [6.07, 6.45) is 1.52. The van der Waals surface area contributed by atoms with Crippen molar-refractivity contribution in [3.8, 4) is 5.75 Å². The number of carbonyl (C=O) groups excluding carboxylic acids is 2. The fourth-order valence-electron chi connectivity index (χ4n) is 3.13. The number of hydrogen-bond donors (Lipinski definition) is 0. The molecule has 1 saturated heterocycles. The second kappa shape index (κ2) is 10.1. The summed E-state index contributed by atoms with van der Waals surface area (Å²) >= 11 is 19.5. The highest BCUT2D eigenvalue weighted by atomic mass is 35.5. The lowest BCUT2D eigenvalue weighted by Gasteiger charge is -2.12. The number of ether oxygens (including phenoxy) is 1. The van der Waals surface area contributed by atoms with E-state index in [2.05, 4.69) is 0 Å². The third-order valence-corrected chi connectivity index (χ3v) is 6.38. The van der Waals surface area contributed by atoms with Gasteiger partial charge in [-0.3, -0.25) is 19.7 Å². The van der Waals surface area contributed by atoms with E-state index in [4.69, 9.17) is 39.5 Å². The molecule has 172 valence electrons. The molecule has 1 heterocycles. The summed E-state index contributed by atoms with van der Waals surface area (Å²) < 4.78 is 5.70. The Labute approximate surface area is 213 Å². The maximum atomic E-state index is 12.8. The number of halogens is 3. The smallest absolute Gasteiger partial charge is 0.298 e. The molecular weight excluding hydrogens is 523 g/mol. The second-order valence-electron chi connectivity index (χ2n) is 7.02. The minimum atomic E-state index is -0.485. The Morgan fingerprint density at radius 2 is 1.68 bits per heavy atom. The van der Waals surface area contributed by atoms with E-state index in [1.54, 1.807) is 42.5 Å². The predicted molar refractivity (Wildman–Crippen MR) is 134 cm³/mol. The van der Waals surface area contributed by atoms with Crippen LogP contribution in [0.5, 0.6) is 5.75 Å². The number of rotatable bonds is 6. The van der Waals surface area contributed by atoms with Gasteiger partial charge in [-0.1, -0.05) is 40.9 Å². The van der Waals surface area contributed by atoms with E-state index in [0.717, 1.165) is 16.7 Å². The van der Waals surface area contributed by atoms with Crippen molar-refractivity contribution in [2.45, 2.75) is 6.61 Å². The molecule has 0 saturated carbocycles. The molecule has 1 aliphatic heterocycles. The summed E-state index contributed by atoms with van der Waals surface area (Å²) in [7, 11) is 0. The van der Waals surface area contributed by atoms with E-state index >= 15 is 0 Å². The van der Waals surface area contributed by atoms with Gasteiger partial charge in [0, 0.05) is 17.2 Å². The number of amides is 2. The molecule has 0 spiro atoms. The van der Waals surface area contributed by atoms with Crippen molar-refractivity contribution in [2.24, 2.45) is 0 Å². The standard InChI is InChI=1S/C23H13Cl3N2O5S/c24-15-2-1-3-17(11-15)27-22(29)20(34-23(27)30)10-14-8-18(25)21(19(26)9-14)33-12-13-4-6-16(7-5-13)28(31)32/h1-11H,12H2/b20-10+. The summed E-state index contributed by atoms with van der Waals surface area (Å²) in [5.41, 5.74) is 1.55. The second-order valence-corrected chi connectivity index (χ2v) is 9.27. The van der Waals surface area contributed by atoms with Crippen LogP contribution in [0.2, 0.25) is 15.1 Å². The fourth-order valence-corrected chi connectivity index (χ4v) is 4.77. The maximum Gasteiger partial charge on any atom is 0.298 e. The Balaban J connectivity index is 1.52. The number of hydrogen-bond acceptors (Lipinski definition) is 6. The van der Waals surface area contributed by atoms with Crippen LogP contribution in [-0.2, 0) is 11.4 Å². The van der Waals surface area contributed by atoms with Crippen LogP contribution < -0.4 is 9.64 Å². The summed E-state index contributed by atoms with van der Waals surface area (Å²) in [6.45, 7) is 0.0926. The van der Waals surface area contributed by atoms with Gasteiger partial charge in [-0.15, -0.1) is 0 Å². The highest BCUT2D eigenvalue weighted by Crippen LogP contribution is 2.39. The van der Waals surface area contributed by atoms with Crippen LogP contribution in [0.3, 0.4) is 0 Å². The van der Waals surface area contributed by atoms with E-state index in [1.165, 1.54) is 24.3 Å². The van der Waals surface area contributed by atoms with Crippen molar-refractivity contribution < 1.29 is 19.2 Å². The number of nitro groups is 1. The minimum Gasteiger partial charge on any atom is -0.486 e. The Morgan fingerprint density at radius 3 is 2.29 bits per heavy atom. The first-order valence-corrected chi connectivity index (χ1v) is 11.6. The Hall–Kier alpha value is -3.04. The molecule has 0 unspecified atom stereocenters. The molecule has 3 aromatic rings. The van der Waals surface area contributed by atoms with E-state index in [-0.39, 0.29) is 33.0 Å². The van der Waals surface area contributed by atoms with Gasteiger partial charge in [-0.25, -0.2) is 4.90 Å². The zero-order chi connectivity index (χ0) is 24.4. The third kappa shape index (κ3) is 5.20. The first kappa shape index (κ1) is 24.1. The van der Waals surface area contributed by atoms with Crippen LogP contribution in [0, 0.1) is 10.1 Å². The van der Waals surface area contributed by atoms with Crippen LogP contribution >= 0.6 is 46.6 Å². The Morgan fingerprint density at radius 1 is 1.00 bits per heavy atom. The fraction of sp³-hybridized carbons (Fsp3) is 0.0435. The summed E-state index contributed by atoms with van der Waals surface area (Å²) in [4.78, 5) is 36.8. The Bertz CT molecular complexity index is 1320. The number of carbonyl (C=O) groups is 2. The lowest BCUT2D eigenvalue weighted by molar-refractivity contribution is -0.384. The van der Waals surface area contributed by atoms with Crippen molar-refractivity contribution in [3.05, 3.63) is 102 Å². The van der Waals surface area contributed by atoms with Crippen LogP contribution in [-0.4, -0.2) is 16.1 Å². The van der Waals surface area contributed by atoms with Crippen molar-refractivity contribution in [2.75, 3.05) is 4.90 Å². The molecule has 3 aromatic carbocycles. The normalized spacial score (nSPS) is 14.7. The van der Waals surface area contributed by atoms with E-state index in [9.17, 15) is 19.7 Å². The molecule has 11 heteroatoms. The largest absolute Gasteiger partial charge is 0.486 e. The first-order chi connectivity index (χ1) is 16.2. The van der Waals surface area contributed by atoms with Gasteiger partial charge in [0.1, 0.15) is 6.61 Å². The topological polar surface area (TPSA) is 89.7 Å². The van der Waals surface area contributed by atoms with Crippen molar-refractivity contribution in [3.63, 3.8) is 0 Å². The zero-order valence-electron chi connectivity index (χ0n) is 17.0. The van der Waals surface area contributed by atoms with Gasteiger partial charge < -0.3 is 4.74 Å². The number of anilines is 1. The van der Waals surface area contributed by atoms with E-state index in [0.29, 0.717) is 21.8 Å². The average Bonchev–Trinajstić information content (AvgIpc) is 3.06. The highest BCUT2D eigenvalue weighted by molar-refractivity contribution is 8.19. The summed E-state index contributed by atoms with van der Waals surface area (Å²) in [6, 6.07) is 15.5. The Kier molecular flexibility index (Phi) is 7.13. The molecule has 0 N–H and O–H groups in total. The lowest BCUT2D eigenvalue weighted by atomic mass is 10.2. The van der Waals surface area contributed by atoms with Crippen LogP contribution in [0.1, 0.15) is 11.1 Å². The SMILES string of the molecule is O=C1S/C(=C/c2cc(Cl)c(OCc3ccc([N+](=O)[O-])cc3)c(Cl)c2)C(=O)N1c1cccc(Cl)c1. The van der Waals surface area contributed by atoms with Gasteiger partial charge in [-0.2, -0.15) is 0 Å². The highest BCUT2D eigenvalue weighted by Gasteiger charge is 2.36. The molecule has 34 heavy (non-hydrogen) atoms. The number of nitro benzene ring substituents is 1.